The highest BCUT2D eigenvalue weighted by Crippen LogP contribution is 2.29. The molecule has 0 saturated carbocycles. The second-order valence-corrected chi connectivity index (χ2v) is 3.57. The van der Waals surface area contributed by atoms with E-state index in [1.807, 2.05) is 0 Å². The van der Waals surface area contributed by atoms with E-state index in [9.17, 15) is 18.0 Å². The Hall–Kier alpha value is -1.53. The van der Waals surface area contributed by atoms with E-state index in [2.05, 4.69) is 5.10 Å². The lowest BCUT2D eigenvalue weighted by Crippen LogP contribution is -2.22. The van der Waals surface area contributed by atoms with Crippen LogP contribution in [-0.2, 0) is 11.0 Å². The second kappa shape index (κ2) is 4.15. The summed E-state index contributed by atoms with van der Waals surface area (Å²) in [5, 5.41) is 12.2. The summed E-state index contributed by atoms with van der Waals surface area (Å²) in [6, 6.07) is -0.631. The van der Waals surface area contributed by atoms with Gasteiger partial charge in [0.25, 0.3) is 0 Å². The third-order valence-corrected chi connectivity index (χ3v) is 2.46. The lowest BCUT2D eigenvalue weighted by molar-refractivity contribution is -0.142. The summed E-state index contributed by atoms with van der Waals surface area (Å²) in [5.41, 5.74) is -0.878. The van der Waals surface area contributed by atoms with E-state index in [0.717, 1.165) is 10.9 Å². The van der Waals surface area contributed by atoms with Crippen molar-refractivity contribution in [2.24, 2.45) is 5.92 Å². The third-order valence-electron chi connectivity index (χ3n) is 2.46. The van der Waals surface area contributed by atoms with Gasteiger partial charge in [0, 0.05) is 6.20 Å². The predicted molar refractivity (Wildman–Crippen MR) is 48.7 cm³/mol. The van der Waals surface area contributed by atoms with Crippen LogP contribution < -0.4 is 0 Å². The molecule has 0 saturated heterocycles. The summed E-state index contributed by atoms with van der Waals surface area (Å²) in [7, 11) is 0. The van der Waals surface area contributed by atoms with Crippen LogP contribution in [0.2, 0.25) is 0 Å². The van der Waals surface area contributed by atoms with Crippen LogP contribution in [0.4, 0.5) is 13.2 Å². The van der Waals surface area contributed by atoms with Crippen LogP contribution in [0.3, 0.4) is 0 Å². The van der Waals surface area contributed by atoms with E-state index in [1.165, 1.54) is 13.8 Å². The van der Waals surface area contributed by atoms with Crippen molar-refractivity contribution < 1.29 is 23.1 Å². The fourth-order valence-corrected chi connectivity index (χ4v) is 1.14. The SMILES string of the molecule is CC(C(=O)O)C(C)n1cc(C(F)(F)F)cn1. The molecular formula is C9H11F3N2O2. The van der Waals surface area contributed by atoms with Crippen LogP contribution in [0.1, 0.15) is 25.5 Å². The maximum Gasteiger partial charge on any atom is 0.419 e. The predicted octanol–water partition coefficient (Wildman–Crippen LogP) is 2.18. The Balaban J connectivity index is 2.90. The van der Waals surface area contributed by atoms with Gasteiger partial charge in [-0.2, -0.15) is 18.3 Å². The smallest absolute Gasteiger partial charge is 0.419 e. The van der Waals surface area contributed by atoms with Crippen molar-refractivity contribution in [2.75, 3.05) is 0 Å². The zero-order valence-electron chi connectivity index (χ0n) is 8.69. The van der Waals surface area contributed by atoms with Gasteiger partial charge in [0.1, 0.15) is 0 Å². The summed E-state index contributed by atoms with van der Waals surface area (Å²) in [4.78, 5) is 10.7. The van der Waals surface area contributed by atoms with Gasteiger partial charge in [-0.25, -0.2) is 0 Å². The normalized spacial score (nSPS) is 15.8. The Bertz CT molecular complexity index is 386. The lowest BCUT2D eigenvalue weighted by atomic mass is 10.0. The molecule has 4 nitrogen and oxygen atoms in total. The number of hydrogen-bond donors (Lipinski definition) is 1. The zero-order chi connectivity index (χ0) is 12.5. The molecular weight excluding hydrogens is 225 g/mol. The van der Waals surface area contributed by atoms with Gasteiger partial charge in [-0.15, -0.1) is 0 Å². The standard InChI is InChI=1S/C9H11F3N2O2/c1-5(8(15)16)6(2)14-4-7(3-13-14)9(10,11)12/h3-6H,1-2H3,(H,15,16). The van der Waals surface area contributed by atoms with Crippen molar-refractivity contribution in [1.29, 1.82) is 0 Å². The van der Waals surface area contributed by atoms with Gasteiger partial charge in [0.15, 0.2) is 0 Å². The van der Waals surface area contributed by atoms with E-state index in [1.54, 1.807) is 0 Å². The molecule has 0 bridgehead atoms. The maximum absolute atomic E-state index is 12.3. The molecule has 1 N–H and O–H groups in total. The molecule has 0 aliphatic rings. The molecule has 0 aliphatic heterocycles. The van der Waals surface area contributed by atoms with Crippen molar-refractivity contribution in [3.8, 4) is 0 Å². The van der Waals surface area contributed by atoms with Gasteiger partial charge >= 0.3 is 12.1 Å². The number of carboxylic acids is 1. The van der Waals surface area contributed by atoms with Crippen molar-refractivity contribution in [3.05, 3.63) is 18.0 Å². The van der Waals surface area contributed by atoms with Crippen LogP contribution in [0.5, 0.6) is 0 Å². The largest absolute Gasteiger partial charge is 0.481 e. The average molecular weight is 236 g/mol. The number of rotatable bonds is 3. The number of aromatic nitrogens is 2. The minimum absolute atomic E-state index is 0.631. The molecule has 7 heteroatoms. The van der Waals surface area contributed by atoms with Gasteiger partial charge < -0.3 is 5.11 Å². The van der Waals surface area contributed by atoms with Crippen LogP contribution >= 0.6 is 0 Å². The van der Waals surface area contributed by atoms with Crippen LogP contribution in [0.15, 0.2) is 12.4 Å². The third kappa shape index (κ3) is 2.53. The number of alkyl halides is 3. The van der Waals surface area contributed by atoms with E-state index in [-0.39, 0.29) is 0 Å². The van der Waals surface area contributed by atoms with Crippen LogP contribution in [0.25, 0.3) is 0 Å². The Labute approximate surface area is 89.7 Å². The number of nitrogens with zero attached hydrogens (tertiary/aromatic N) is 2. The van der Waals surface area contributed by atoms with Crippen LogP contribution in [0, 0.1) is 5.92 Å². The van der Waals surface area contributed by atoms with E-state index in [4.69, 9.17) is 5.11 Å². The highest BCUT2D eigenvalue weighted by Gasteiger charge is 2.33. The molecule has 1 aromatic rings. The fraction of sp³-hybridized carbons (Fsp3) is 0.556. The highest BCUT2D eigenvalue weighted by atomic mass is 19.4. The molecule has 1 rings (SSSR count). The number of carboxylic acid groups (broad SMARTS) is 1. The molecule has 2 unspecified atom stereocenters. The van der Waals surface area contributed by atoms with Gasteiger partial charge in [0.05, 0.1) is 23.7 Å². The molecule has 1 heterocycles. The summed E-state index contributed by atoms with van der Waals surface area (Å²) in [6.45, 7) is 2.92. The molecule has 0 amide bonds. The molecule has 0 aliphatic carbocycles. The van der Waals surface area contributed by atoms with Gasteiger partial charge in [-0.05, 0) is 13.8 Å². The van der Waals surface area contributed by atoms with Gasteiger partial charge in [0.2, 0.25) is 0 Å². The van der Waals surface area contributed by atoms with Gasteiger partial charge in [-0.1, -0.05) is 0 Å². The minimum atomic E-state index is -4.45. The topological polar surface area (TPSA) is 55.1 Å². The lowest BCUT2D eigenvalue weighted by Gasteiger charge is -2.16. The number of carbonyl (C=O) groups is 1. The first kappa shape index (κ1) is 12.5. The summed E-state index contributed by atoms with van der Waals surface area (Å²) >= 11 is 0. The van der Waals surface area contributed by atoms with Crippen molar-refractivity contribution >= 4 is 5.97 Å². The first-order valence-corrected chi connectivity index (χ1v) is 4.57. The first-order chi connectivity index (χ1) is 7.23. The second-order valence-electron chi connectivity index (χ2n) is 3.57. The highest BCUT2D eigenvalue weighted by molar-refractivity contribution is 5.70. The summed E-state index contributed by atoms with van der Waals surface area (Å²) in [6.07, 6.45) is -2.96. The molecule has 0 fully saturated rings. The van der Waals surface area contributed by atoms with Crippen molar-refractivity contribution in [2.45, 2.75) is 26.1 Å². The fourth-order valence-electron chi connectivity index (χ4n) is 1.14. The Kier molecular flexibility index (Phi) is 3.25. The Morgan fingerprint density at radius 3 is 2.44 bits per heavy atom. The molecule has 0 spiro atoms. The molecule has 16 heavy (non-hydrogen) atoms. The van der Waals surface area contributed by atoms with E-state index in [0.29, 0.717) is 6.20 Å². The molecule has 0 aromatic carbocycles. The molecule has 0 radical (unpaired) electrons. The maximum atomic E-state index is 12.3. The average Bonchev–Trinajstić information content (AvgIpc) is 2.63. The van der Waals surface area contributed by atoms with Gasteiger partial charge in [-0.3, -0.25) is 9.48 Å². The monoisotopic (exact) mass is 236 g/mol. The summed E-state index contributed by atoms with van der Waals surface area (Å²) < 4.78 is 37.8. The Morgan fingerprint density at radius 2 is 2.06 bits per heavy atom. The van der Waals surface area contributed by atoms with Crippen LogP contribution in [-0.4, -0.2) is 20.9 Å². The number of halogens is 3. The Morgan fingerprint density at radius 1 is 1.50 bits per heavy atom. The molecule has 90 valence electrons. The van der Waals surface area contributed by atoms with E-state index < -0.39 is 29.7 Å². The van der Waals surface area contributed by atoms with E-state index >= 15 is 0 Å². The zero-order valence-corrected chi connectivity index (χ0v) is 8.69. The first-order valence-electron chi connectivity index (χ1n) is 4.57. The molecule has 1 aromatic heterocycles. The number of aliphatic carboxylic acids is 1. The minimum Gasteiger partial charge on any atom is -0.481 e. The quantitative estimate of drug-likeness (QED) is 0.875. The number of hydrogen-bond acceptors (Lipinski definition) is 2. The summed E-state index contributed by atoms with van der Waals surface area (Å²) in [5.74, 6) is -1.88. The molecule has 2 atom stereocenters. The van der Waals surface area contributed by atoms with Crippen molar-refractivity contribution in [1.82, 2.24) is 9.78 Å². The van der Waals surface area contributed by atoms with Crippen molar-refractivity contribution in [3.63, 3.8) is 0 Å².